The van der Waals surface area contributed by atoms with Gasteiger partial charge in [-0.2, -0.15) is 0 Å². The number of imidazole rings is 1. The Balaban J connectivity index is 2.54. The van der Waals surface area contributed by atoms with E-state index in [2.05, 4.69) is 20.9 Å². The van der Waals surface area contributed by atoms with Crippen LogP contribution in [0, 0.1) is 0 Å². The molecule has 0 bridgehead atoms. The predicted molar refractivity (Wildman–Crippen MR) is 53.3 cm³/mol. The molecule has 0 unspecified atom stereocenters. The fourth-order valence-corrected chi connectivity index (χ4v) is 1.49. The average Bonchev–Trinajstić information content (AvgIpc) is 2.63. The van der Waals surface area contributed by atoms with Crippen LogP contribution < -0.4 is 0 Å². The monoisotopic (exact) mass is 238 g/mol. The van der Waals surface area contributed by atoms with Gasteiger partial charge in [0.05, 0.1) is 5.33 Å². The van der Waals surface area contributed by atoms with Crippen LogP contribution in [0.5, 0.6) is 0 Å². The molecule has 2 aromatic heterocycles. The summed E-state index contributed by atoms with van der Waals surface area (Å²) in [6.07, 6.45) is 5.31. The highest BCUT2D eigenvalue weighted by molar-refractivity contribution is 9.09. The Morgan fingerprint density at radius 2 is 2.38 bits per heavy atom. The van der Waals surface area contributed by atoms with E-state index in [0.717, 1.165) is 5.65 Å². The molecular formula is C9H7BrN2O. The molecule has 66 valence electrons. The molecule has 0 aliphatic carbocycles. The van der Waals surface area contributed by atoms with Gasteiger partial charge >= 0.3 is 0 Å². The molecule has 0 spiro atoms. The second kappa shape index (κ2) is 3.30. The number of alkyl halides is 1. The molecule has 2 heterocycles. The van der Waals surface area contributed by atoms with Crippen LogP contribution in [0.4, 0.5) is 0 Å². The summed E-state index contributed by atoms with van der Waals surface area (Å²) in [5.74, 6) is 0.0793. The molecule has 0 saturated carbocycles. The minimum atomic E-state index is 0.0793. The summed E-state index contributed by atoms with van der Waals surface area (Å²) in [7, 11) is 0. The lowest BCUT2D eigenvalue weighted by atomic mass is 10.2. The first-order chi connectivity index (χ1) is 6.31. The topological polar surface area (TPSA) is 34.4 Å². The molecule has 0 radical (unpaired) electrons. The zero-order valence-electron chi connectivity index (χ0n) is 6.77. The van der Waals surface area contributed by atoms with E-state index in [1.54, 1.807) is 18.5 Å². The molecule has 2 rings (SSSR count). The smallest absolute Gasteiger partial charge is 0.174 e. The van der Waals surface area contributed by atoms with Crippen LogP contribution in [0.3, 0.4) is 0 Å². The quantitative estimate of drug-likeness (QED) is 0.592. The maximum atomic E-state index is 11.3. The first kappa shape index (κ1) is 8.44. The van der Waals surface area contributed by atoms with Gasteiger partial charge in [0, 0.05) is 24.2 Å². The summed E-state index contributed by atoms with van der Waals surface area (Å²) in [6.45, 7) is 0. The fourth-order valence-electron chi connectivity index (χ4n) is 1.16. The van der Waals surface area contributed by atoms with E-state index in [0.29, 0.717) is 10.9 Å². The molecule has 0 aromatic carbocycles. The molecule has 0 N–H and O–H groups in total. The van der Waals surface area contributed by atoms with Crippen LogP contribution in [-0.2, 0) is 0 Å². The van der Waals surface area contributed by atoms with Crippen molar-refractivity contribution in [3.8, 4) is 0 Å². The van der Waals surface area contributed by atoms with E-state index in [1.165, 1.54) is 0 Å². The van der Waals surface area contributed by atoms with Gasteiger partial charge < -0.3 is 4.40 Å². The standard InChI is InChI=1S/C9H7BrN2O/c10-5-8(13)7-1-2-9-11-3-4-12(9)6-7/h1-4,6H,5H2. The van der Waals surface area contributed by atoms with Crippen LogP contribution in [0.15, 0.2) is 30.7 Å². The number of Topliss-reactive ketones (excluding diaryl/α,β-unsaturated/α-hetero) is 1. The Morgan fingerprint density at radius 1 is 1.54 bits per heavy atom. The third-order valence-electron chi connectivity index (χ3n) is 1.83. The summed E-state index contributed by atoms with van der Waals surface area (Å²) in [6, 6.07) is 3.61. The van der Waals surface area contributed by atoms with Crippen LogP contribution >= 0.6 is 15.9 Å². The molecule has 0 fully saturated rings. The minimum absolute atomic E-state index is 0.0793. The van der Waals surface area contributed by atoms with Gasteiger partial charge in [0.15, 0.2) is 5.78 Å². The summed E-state index contributed by atoms with van der Waals surface area (Å²) >= 11 is 3.13. The number of fused-ring (bicyclic) bond motifs is 1. The minimum Gasteiger partial charge on any atom is -0.306 e. The van der Waals surface area contributed by atoms with Gasteiger partial charge in [-0.25, -0.2) is 4.98 Å². The zero-order chi connectivity index (χ0) is 9.26. The second-order valence-corrected chi connectivity index (χ2v) is 3.23. The van der Waals surface area contributed by atoms with Gasteiger partial charge in [0.1, 0.15) is 5.65 Å². The molecule has 4 heteroatoms. The molecule has 13 heavy (non-hydrogen) atoms. The summed E-state index contributed by atoms with van der Waals surface area (Å²) in [5.41, 5.74) is 1.55. The number of pyridine rings is 1. The summed E-state index contributed by atoms with van der Waals surface area (Å²) in [5, 5.41) is 0.354. The van der Waals surface area contributed by atoms with Gasteiger partial charge in [-0.15, -0.1) is 0 Å². The molecule has 0 aliphatic heterocycles. The summed E-state index contributed by atoms with van der Waals surface area (Å²) < 4.78 is 1.83. The SMILES string of the molecule is O=C(CBr)c1ccc2nccn2c1. The Kier molecular flexibility index (Phi) is 2.14. The normalized spacial score (nSPS) is 10.5. The number of hydrogen-bond acceptors (Lipinski definition) is 2. The third kappa shape index (κ3) is 1.49. The number of nitrogens with zero attached hydrogens (tertiary/aromatic N) is 2. The molecule has 0 amide bonds. The lowest BCUT2D eigenvalue weighted by Gasteiger charge is -1.97. The molecule has 0 atom stereocenters. The van der Waals surface area contributed by atoms with E-state index < -0.39 is 0 Å². The highest BCUT2D eigenvalue weighted by Crippen LogP contribution is 2.06. The van der Waals surface area contributed by atoms with E-state index >= 15 is 0 Å². The zero-order valence-corrected chi connectivity index (χ0v) is 8.36. The predicted octanol–water partition coefficient (Wildman–Crippen LogP) is 1.91. The van der Waals surface area contributed by atoms with Crippen molar-refractivity contribution in [3.63, 3.8) is 0 Å². The van der Waals surface area contributed by atoms with Crippen molar-refractivity contribution >= 4 is 27.4 Å². The highest BCUT2D eigenvalue weighted by atomic mass is 79.9. The first-order valence-corrected chi connectivity index (χ1v) is 4.95. The molecule has 0 saturated heterocycles. The molecule has 3 nitrogen and oxygen atoms in total. The molecule has 0 aliphatic rings. The second-order valence-electron chi connectivity index (χ2n) is 2.67. The van der Waals surface area contributed by atoms with Gasteiger partial charge in [-0.3, -0.25) is 4.79 Å². The van der Waals surface area contributed by atoms with Gasteiger partial charge in [0.2, 0.25) is 0 Å². The number of halogens is 1. The average molecular weight is 239 g/mol. The Morgan fingerprint density at radius 3 is 3.15 bits per heavy atom. The van der Waals surface area contributed by atoms with E-state index in [-0.39, 0.29) is 5.78 Å². The van der Waals surface area contributed by atoms with E-state index in [1.807, 2.05) is 16.7 Å². The largest absolute Gasteiger partial charge is 0.306 e. The van der Waals surface area contributed by atoms with Crippen LogP contribution in [-0.4, -0.2) is 20.5 Å². The maximum absolute atomic E-state index is 11.3. The van der Waals surface area contributed by atoms with Crippen LogP contribution in [0.1, 0.15) is 10.4 Å². The van der Waals surface area contributed by atoms with Crippen molar-refractivity contribution in [2.24, 2.45) is 0 Å². The maximum Gasteiger partial charge on any atom is 0.174 e. The van der Waals surface area contributed by atoms with Crippen molar-refractivity contribution < 1.29 is 4.79 Å². The van der Waals surface area contributed by atoms with E-state index in [4.69, 9.17) is 0 Å². The fraction of sp³-hybridized carbons (Fsp3) is 0.111. The lowest BCUT2D eigenvalue weighted by Crippen LogP contribution is -2.01. The van der Waals surface area contributed by atoms with Gasteiger partial charge in [-0.05, 0) is 12.1 Å². The Bertz CT molecular complexity index is 450. The Labute approximate surface area is 83.5 Å². The third-order valence-corrected chi connectivity index (χ3v) is 2.34. The number of carbonyl (C=O) groups is 1. The van der Waals surface area contributed by atoms with E-state index in [9.17, 15) is 4.79 Å². The molecule has 2 aromatic rings. The van der Waals surface area contributed by atoms with Gasteiger partial charge in [-0.1, -0.05) is 15.9 Å². The number of hydrogen-bond donors (Lipinski definition) is 0. The van der Waals surface area contributed by atoms with Crippen molar-refractivity contribution in [1.82, 2.24) is 9.38 Å². The lowest BCUT2D eigenvalue weighted by molar-refractivity contribution is 0.102. The van der Waals surface area contributed by atoms with Crippen molar-refractivity contribution in [2.75, 3.05) is 5.33 Å². The Hall–Kier alpha value is -1.16. The van der Waals surface area contributed by atoms with Crippen molar-refractivity contribution in [2.45, 2.75) is 0 Å². The van der Waals surface area contributed by atoms with Crippen LogP contribution in [0.2, 0.25) is 0 Å². The van der Waals surface area contributed by atoms with Gasteiger partial charge in [0.25, 0.3) is 0 Å². The number of aromatic nitrogens is 2. The molecular weight excluding hydrogens is 232 g/mol. The van der Waals surface area contributed by atoms with Crippen molar-refractivity contribution in [3.05, 3.63) is 36.3 Å². The number of rotatable bonds is 2. The van der Waals surface area contributed by atoms with Crippen molar-refractivity contribution in [1.29, 1.82) is 0 Å². The highest BCUT2D eigenvalue weighted by Gasteiger charge is 2.04. The summed E-state index contributed by atoms with van der Waals surface area (Å²) in [4.78, 5) is 15.4. The van der Waals surface area contributed by atoms with Crippen LogP contribution in [0.25, 0.3) is 5.65 Å². The number of carbonyl (C=O) groups excluding carboxylic acids is 1. The first-order valence-electron chi connectivity index (χ1n) is 3.83. The number of ketones is 1.